The minimum atomic E-state index is -0.623. The van der Waals surface area contributed by atoms with E-state index in [0.29, 0.717) is 23.4 Å². The molecule has 1 aromatic carbocycles. The van der Waals surface area contributed by atoms with Gasteiger partial charge in [0.1, 0.15) is 11.3 Å². The van der Waals surface area contributed by atoms with Crippen molar-refractivity contribution in [2.45, 2.75) is 26.3 Å². The van der Waals surface area contributed by atoms with Crippen LogP contribution in [0.15, 0.2) is 12.1 Å². The zero-order chi connectivity index (χ0) is 13.8. The average molecular weight is 286 g/mol. The SMILES string of the molecule is CCCOCCCn1c(=S)[nH]c2c(F)cc(F)cc21. The molecule has 0 fully saturated rings. The van der Waals surface area contributed by atoms with Crippen molar-refractivity contribution < 1.29 is 13.5 Å². The maximum atomic E-state index is 13.6. The molecule has 0 bridgehead atoms. The van der Waals surface area contributed by atoms with Crippen molar-refractivity contribution in [2.24, 2.45) is 0 Å². The number of rotatable bonds is 6. The van der Waals surface area contributed by atoms with E-state index in [1.165, 1.54) is 6.07 Å². The summed E-state index contributed by atoms with van der Waals surface area (Å²) in [7, 11) is 0. The van der Waals surface area contributed by atoms with Crippen LogP contribution in [0.5, 0.6) is 0 Å². The van der Waals surface area contributed by atoms with Gasteiger partial charge in [-0.15, -0.1) is 0 Å². The molecule has 0 aliphatic rings. The Morgan fingerprint density at radius 3 is 2.84 bits per heavy atom. The van der Waals surface area contributed by atoms with Gasteiger partial charge in [0.25, 0.3) is 0 Å². The minimum absolute atomic E-state index is 0.251. The number of nitrogens with zero attached hydrogens (tertiary/aromatic N) is 1. The first-order valence-electron chi connectivity index (χ1n) is 6.28. The highest BCUT2D eigenvalue weighted by molar-refractivity contribution is 7.71. The van der Waals surface area contributed by atoms with E-state index in [9.17, 15) is 8.78 Å². The van der Waals surface area contributed by atoms with Crippen molar-refractivity contribution in [2.75, 3.05) is 13.2 Å². The molecule has 19 heavy (non-hydrogen) atoms. The van der Waals surface area contributed by atoms with Gasteiger partial charge in [0, 0.05) is 25.8 Å². The Hall–Kier alpha value is -1.27. The third kappa shape index (κ3) is 3.19. The molecule has 0 amide bonds. The Labute approximate surface area is 115 Å². The monoisotopic (exact) mass is 286 g/mol. The van der Waals surface area contributed by atoms with Crippen LogP contribution < -0.4 is 0 Å². The van der Waals surface area contributed by atoms with Gasteiger partial charge in [-0.2, -0.15) is 0 Å². The summed E-state index contributed by atoms with van der Waals surface area (Å²) < 4.78 is 34.3. The highest BCUT2D eigenvalue weighted by Crippen LogP contribution is 2.19. The normalized spacial score (nSPS) is 11.3. The van der Waals surface area contributed by atoms with E-state index in [4.69, 9.17) is 17.0 Å². The highest BCUT2D eigenvalue weighted by Gasteiger charge is 2.10. The van der Waals surface area contributed by atoms with E-state index in [0.717, 1.165) is 25.5 Å². The molecule has 0 radical (unpaired) electrons. The molecular formula is C13H16F2N2OS. The predicted octanol–water partition coefficient (Wildman–Crippen LogP) is 3.79. The second-order valence-corrected chi connectivity index (χ2v) is 4.72. The third-order valence-electron chi connectivity index (χ3n) is 2.82. The number of aromatic amines is 1. The molecule has 6 heteroatoms. The standard InChI is InChI=1S/C13H16F2N2OS/c1-2-5-18-6-3-4-17-11-8-9(14)7-10(15)12(11)16-13(17)19/h7-8H,2-6H2,1H3,(H,16,19). The van der Waals surface area contributed by atoms with Gasteiger partial charge < -0.3 is 14.3 Å². The van der Waals surface area contributed by atoms with Crippen molar-refractivity contribution >= 4 is 23.3 Å². The smallest absolute Gasteiger partial charge is 0.178 e. The average Bonchev–Trinajstić information content (AvgIpc) is 2.67. The van der Waals surface area contributed by atoms with Gasteiger partial charge in [-0.1, -0.05) is 6.92 Å². The molecule has 0 saturated carbocycles. The topological polar surface area (TPSA) is 29.9 Å². The van der Waals surface area contributed by atoms with Crippen LogP contribution in [0.4, 0.5) is 8.78 Å². The zero-order valence-electron chi connectivity index (χ0n) is 10.7. The summed E-state index contributed by atoms with van der Waals surface area (Å²) in [6.07, 6.45) is 1.72. The molecule has 0 aliphatic carbocycles. The minimum Gasteiger partial charge on any atom is -0.381 e. The summed E-state index contributed by atoms with van der Waals surface area (Å²) in [6, 6.07) is 2.14. The first kappa shape index (κ1) is 14.1. The van der Waals surface area contributed by atoms with Gasteiger partial charge >= 0.3 is 0 Å². The molecule has 2 rings (SSSR count). The van der Waals surface area contributed by atoms with E-state index in [-0.39, 0.29) is 5.52 Å². The van der Waals surface area contributed by atoms with Crippen molar-refractivity contribution in [3.63, 3.8) is 0 Å². The van der Waals surface area contributed by atoms with Crippen LogP contribution in [0.3, 0.4) is 0 Å². The molecule has 104 valence electrons. The molecule has 1 heterocycles. The second kappa shape index (κ2) is 6.25. The van der Waals surface area contributed by atoms with Crippen LogP contribution in [-0.2, 0) is 11.3 Å². The molecule has 0 spiro atoms. The highest BCUT2D eigenvalue weighted by atomic mass is 32.1. The van der Waals surface area contributed by atoms with Gasteiger partial charge in [0.15, 0.2) is 10.6 Å². The Kier molecular flexibility index (Phi) is 4.66. The number of H-pyrrole nitrogens is 1. The molecule has 3 nitrogen and oxygen atoms in total. The number of hydrogen-bond acceptors (Lipinski definition) is 2. The fourth-order valence-electron chi connectivity index (χ4n) is 1.97. The maximum Gasteiger partial charge on any atom is 0.178 e. The van der Waals surface area contributed by atoms with Crippen molar-refractivity contribution in [1.82, 2.24) is 9.55 Å². The first-order chi connectivity index (χ1) is 9.13. The summed E-state index contributed by atoms with van der Waals surface area (Å²) in [5.74, 6) is -1.22. The predicted molar refractivity (Wildman–Crippen MR) is 72.8 cm³/mol. The number of nitrogens with one attached hydrogen (secondary N) is 1. The number of aryl methyl sites for hydroxylation is 1. The van der Waals surface area contributed by atoms with Crippen LogP contribution in [0.1, 0.15) is 19.8 Å². The molecule has 0 saturated heterocycles. The fraction of sp³-hybridized carbons (Fsp3) is 0.462. The van der Waals surface area contributed by atoms with Gasteiger partial charge in [-0.3, -0.25) is 0 Å². The molecule has 1 N–H and O–H groups in total. The Morgan fingerprint density at radius 1 is 1.32 bits per heavy atom. The summed E-state index contributed by atoms with van der Waals surface area (Å²) in [5.41, 5.74) is 0.707. The number of aromatic nitrogens is 2. The van der Waals surface area contributed by atoms with Crippen LogP contribution >= 0.6 is 12.2 Å². The Morgan fingerprint density at radius 2 is 2.11 bits per heavy atom. The van der Waals surface area contributed by atoms with Crippen molar-refractivity contribution in [3.05, 3.63) is 28.5 Å². The third-order valence-corrected chi connectivity index (χ3v) is 3.14. The van der Waals surface area contributed by atoms with E-state index in [2.05, 4.69) is 4.98 Å². The first-order valence-corrected chi connectivity index (χ1v) is 6.69. The van der Waals surface area contributed by atoms with Crippen LogP contribution in [-0.4, -0.2) is 22.8 Å². The van der Waals surface area contributed by atoms with Crippen LogP contribution in [0.25, 0.3) is 11.0 Å². The summed E-state index contributed by atoms with van der Waals surface area (Å²) >= 11 is 5.13. The number of halogens is 2. The van der Waals surface area contributed by atoms with E-state index >= 15 is 0 Å². The molecule has 2 aromatic rings. The summed E-state index contributed by atoms with van der Waals surface area (Å²) in [5, 5.41) is 0. The van der Waals surface area contributed by atoms with Gasteiger partial charge in [-0.25, -0.2) is 8.78 Å². The molecular weight excluding hydrogens is 270 g/mol. The largest absolute Gasteiger partial charge is 0.381 e. The lowest BCUT2D eigenvalue weighted by Gasteiger charge is -2.05. The second-order valence-electron chi connectivity index (χ2n) is 4.33. The van der Waals surface area contributed by atoms with E-state index in [1.807, 2.05) is 6.92 Å². The number of fused-ring (bicyclic) bond motifs is 1. The number of benzene rings is 1. The van der Waals surface area contributed by atoms with Crippen molar-refractivity contribution in [1.29, 1.82) is 0 Å². The van der Waals surface area contributed by atoms with E-state index in [1.54, 1.807) is 4.57 Å². The van der Waals surface area contributed by atoms with Crippen molar-refractivity contribution in [3.8, 4) is 0 Å². The van der Waals surface area contributed by atoms with Crippen LogP contribution in [0, 0.1) is 16.4 Å². The lowest BCUT2D eigenvalue weighted by Crippen LogP contribution is -2.03. The number of imidazole rings is 1. The van der Waals surface area contributed by atoms with Gasteiger partial charge in [0.2, 0.25) is 0 Å². The lowest BCUT2D eigenvalue weighted by atomic mass is 10.3. The molecule has 0 atom stereocenters. The summed E-state index contributed by atoms with van der Waals surface area (Å²) in [4.78, 5) is 2.77. The van der Waals surface area contributed by atoms with Gasteiger partial charge in [0.05, 0.1) is 5.52 Å². The molecule has 1 aromatic heterocycles. The molecule has 0 aliphatic heterocycles. The van der Waals surface area contributed by atoms with Crippen LogP contribution in [0.2, 0.25) is 0 Å². The number of hydrogen-bond donors (Lipinski definition) is 1. The maximum absolute atomic E-state index is 13.6. The fourth-order valence-corrected chi connectivity index (χ4v) is 2.27. The van der Waals surface area contributed by atoms with Gasteiger partial charge in [-0.05, 0) is 31.1 Å². The lowest BCUT2D eigenvalue weighted by molar-refractivity contribution is 0.129. The number of ether oxygens (including phenoxy) is 1. The zero-order valence-corrected chi connectivity index (χ0v) is 11.5. The molecule has 0 unspecified atom stereocenters. The summed E-state index contributed by atoms with van der Waals surface area (Å²) in [6.45, 7) is 3.95. The van der Waals surface area contributed by atoms with E-state index < -0.39 is 11.6 Å². The Bertz CT molecular complexity index is 621. The quantitative estimate of drug-likeness (QED) is 0.646. The Balaban J connectivity index is 2.18.